The number of aromatic nitrogens is 1. The van der Waals surface area contributed by atoms with E-state index in [9.17, 15) is 14.4 Å². The molecule has 1 aromatic rings. The Morgan fingerprint density at radius 3 is 2.45 bits per heavy atom. The number of Topliss-reactive ketones (excluding diaryl/α,β-unsaturated/α-hetero) is 1. The maximum Gasteiger partial charge on any atom is 0.418 e. The lowest BCUT2D eigenvalue weighted by Crippen LogP contribution is -2.26. The molecular weight excluding hydrogens is 262 g/mol. The van der Waals surface area contributed by atoms with Gasteiger partial charge in [-0.2, -0.15) is 0 Å². The number of carbonyl (C=O) groups is 3. The van der Waals surface area contributed by atoms with Gasteiger partial charge in [0.25, 0.3) is 0 Å². The quantitative estimate of drug-likeness (QED) is 0.625. The number of hydrogen-bond donors (Lipinski definition) is 0. The van der Waals surface area contributed by atoms with Gasteiger partial charge >= 0.3 is 12.1 Å². The summed E-state index contributed by atoms with van der Waals surface area (Å²) in [6.07, 6.45) is 2.31. The lowest BCUT2D eigenvalue weighted by molar-refractivity contribution is -0.146. The molecule has 110 valence electrons. The normalized spacial score (nSPS) is 11.0. The lowest BCUT2D eigenvalue weighted by Gasteiger charge is -2.19. The van der Waals surface area contributed by atoms with E-state index in [1.807, 2.05) is 0 Å². The van der Waals surface area contributed by atoms with Crippen LogP contribution in [0.5, 0.6) is 0 Å². The van der Waals surface area contributed by atoms with Crippen LogP contribution in [0.15, 0.2) is 18.5 Å². The van der Waals surface area contributed by atoms with Gasteiger partial charge in [-0.1, -0.05) is 0 Å². The average molecular weight is 281 g/mol. The highest BCUT2D eigenvalue weighted by Crippen LogP contribution is 2.11. The van der Waals surface area contributed by atoms with E-state index in [1.165, 1.54) is 23.9 Å². The van der Waals surface area contributed by atoms with Crippen LogP contribution in [0.4, 0.5) is 4.79 Å². The van der Waals surface area contributed by atoms with Crippen LogP contribution in [-0.2, 0) is 25.7 Å². The van der Waals surface area contributed by atoms with Crippen molar-refractivity contribution in [1.29, 1.82) is 0 Å². The molecule has 1 rings (SSSR count). The Balaban J connectivity index is 2.53. The van der Waals surface area contributed by atoms with Gasteiger partial charge in [0.05, 0.1) is 0 Å². The van der Waals surface area contributed by atoms with Gasteiger partial charge in [-0.05, 0) is 33.8 Å². The second kappa shape index (κ2) is 6.36. The van der Waals surface area contributed by atoms with E-state index in [2.05, 4.69) is 0 Å². The lowest BCUT2D eigenvalue weighted by atomic mass is 10.2. The number of ether oxygens (including phenoxy) is 2. The third-order valence-corrected chi connectivity index (χ3v) is 2.15. The standard InChI is InChI=1S/C14H19NO5/c1-10(16)7-12(17)19-9-11-5-6-15(8-11)13(18)20-14(2,3)4/h5-6,8H,7,9H2,1-4H3. The molecule has 1 aromatic heterocycles. The number of nitrogens with zero attached hydrogens (tertiary/aromatic N) is 1. The zero-order valence-corrected chi connectivity index (χ0v) is 12.1. The first kappa shape index (κ1) is 15.9. The van der Waals surface area contributed by atoms with E-state index in [0.717, 1.165) is 0 Å². The van der Waals surface area contributed by atoms with Crippen LogP contribution in [0.3, 0.4) is 0 Å². The van der Waals surface area contributed by atoms with Gasteiger partial charge in [0.15, 0.2) is 0 Å². The van der Waals surface area contributed by atoms with Gasteiger partial charge in [0, 0.05) is 18.0 Å². The van der Waals surface area contributed by atoms with Crippen LogP contribution in [0.1, 0.15) is 39.7 Å². The smallest absolute Gasteiger partial charge is 0.418 e. The first-order valence-electron chi connectivity index (χ1n) is 6.22. The maximum absolute atomic E-state index is 11.7. The van der Waals surface area contributed by atoms with Crippen LogP contribution in [0.25, 0.3) is 0 Å². The molecule has 20 heavy (non-hydrogen) atoms. The summed E-state index contributed by atoms with van der Waals surface area (Å²) in [7, 11) is 0. The van der Waals surface area contributed by atoms with Crippen LogP contribution in [0, 0.1) is 0 Å². The number of carbonyl (C=O) groups excluding carboxylic acids is 3. The maximum atomic E-state index is 11.7. The molecule has 0 spiro atoms. The molecule has 0 N–H and O–H groups in total. The zero-order valence-electron chi connectivity index (χ0n) is 12.1. The van der Waals surface area contributed by atoms with Crippen molar-refractivity contribution in [3.05, 3.63) is 24.0 Å². The molecule has 0 bridgehead atoms. The van der Waals surface area contributed by atoms with Crippen molar-refractivity contribution >= 4 is 17.8 Å². The molecule has 1 heterocycles. The van der Waals surface area contributed by atoms with Crippen molar-refractivity contribution in [2.75, 3.05) is 0 Å². The molecule has 6 heteroatoms. The van der Waals surface area contributed by atoms with E-state index in [0.29, 0.717) is 5.56 Å². The fourth-order valence-electron chi connectivity index (χ4n) is 1.37. The van der Waals surface area contributed by atoms with Gasteiger partial charge in [-0.3, -0.25) is 14.2 Å². The van der Waals surface area contributed by atoms with Crippen molar-refractivity contribution in [1.82, 2.24) is 4.57 Å². The Labute approximate surface area is 117 Å². The van der Waals surface area contributed by atoms with Crippen LogP contribution < -0.4 is 0 Å². The van der Waals surface area contributed by atoms with E-state index < -0.39 is 17.7 Å². The van der Waals surface area contributed by atoms with Gasteiger partial charge < -0.3 is 9.47 Å². The Kier molecular flexibility index (Phi) is 5.07. The highest BCUT2D eigenvalue weighted by Gasteiger charge is 2.17. The van der Waals surface area contributed by atoms with Crippen molar-refractivity contribution in [2.24, 2.45) is 0 Å². The molecule has 0 fully saturated rings. The van der Waals surface area contributed by atoms with Gasteiger partial charge in [-0.25, -0.2) is 4.79 Å². The van der Waals surface area contributed by atoms with Gasteiger partial charge in [-0.15, -0.1) is 0 Å². The Morgan fingerprint density at radius 2 is 1.90 bits per heavy atom. The molecular formula is C14H19NO5. The third-order valence-electron chi connectivity index (χ3n) is 2.15. The second-order valence-corrected chi connectivity index (χ2v) is 5.45. The highest BCUT2D eigenvalue weighted by atomic mass is 16.6. The first-order valence-corrected chi connectivity index (χ1v) is 6.22. The summed E-state index contributed by atoms with van der Waals surface area (Å²) in [6.45, 7) is 6.67. The molecule has 0 aliphatic rings. The minimum atomic E-state index is -0.581. The highest BCUT2D eigenvalue weighted by molar-refractivity contribution is 5.94. The molecule has 0 saturated heterocycles. The number of esters is 1. The topological polar surface area (TPSA) is 74.6 Å². The molecule has 0 radical (unpaired) electrons. The Bertz CT molecular complexity index is 510. The Morgan fingerprint density at radius 1 is 1.25 bits per heavy atom. The van der Waals surface area contributed by atoms with Gasteiger partial charge in [0.1, 0.15) is 24.4 Å². The summed E-state index contributed by atoms with van der Waals surface area (Å²) in [4.78, 5) is 33.7. The van der Waals surface area contributed by atoms with Crippen molar-refractivity contribution in [2.45, 2.75) is 46.3 Å². The molecule has 0 atom stereocenters. The van der Waals surface area contributed by atoms with Crippen LogP contribution in [0.2, 0.25) is 0 Å². The molecule has 6 nitrogen and oxygen atoms in total. The summed E-state index contributed by atoms with van der Waals surface area (Å²) < 4.78 is 11.4. The molecule has 0 aliphatic heterocycles. The molecule has 0 aromatic carbocycles. The van der Waals surface area contributed by atoms with Crippen molar-refractivity contribution < 1.29 is 23.9 Å². The summed E-state index contributed by atoms with van der Waals surface area (Å²) >= 11 is 0. The third kappa shape index (κ3) is 5.69. The largest absolute Gasteiger partial charge is 0.460 e. The molecule has 0 amide bonds. The van der Waals surface area contributed by atoms with Crippen molar-refractivity contribution in [3.8, 4) is 0 Å². The van der Waals surface area contributed by atoms with Crippen molar-refractivity contribution in [3.63, 3.8) is 0 Å². The average Bonchev–Trinajstić information content (AvgIpc) is 2.71. The van der Waals surface area contributed by atoms with E-state index in [1.54, 1.807) is 26.8 Å². The molecule has 0 saturated carbocycles. The fourth-order valence-corrected chi connectivity index (χ4v) is 1.37. The Hall–Kier alpha value is -2.11. The summed E-state index contributed by atoms with van der Waals surface area (Å²) in [5.74, 6) is -0.830. The summed E-state index contributed by atoms with van der Waals surface area (Å²) in [6, 6.07) is 1.64. The molecule has 0 aliphatic carbocycles. The number of hydrogen-bond acceptors (Lipinski definition) is 5. The van der Waals surface area contributed by atoms with E-state index in [4.69, 9.17) is 9.47 Å². The fraction of sp³-hybridized carbons (Fsp3) is 0.500. The predicted octanol–water partition coefficient (Wildman–Crippen LogP) is 2.29. The SMILES string of the molecule is CC(=O)CC(=O)OCc1ccn(C(=O)OC(C)(C)C)c1. The monoisotopic (exact) mass is 281 g/mol. The first-order chi connectivity index (χ1) is 9.17. The molecule has 0 unspecified atom stereocenters. The number of rotatable bonds is 4. The van der Waals surface area contributed by atoms with Crippen LogP contribution in [-0.4, -0.2) is 28.0 Å². The summed E-state index contributed by atoms with van der Waals surface area (Å²) in [5, 5.41) is 0. The second-order valence-electron chi connectivity index (χ2n) is 5.45. The summed E-state index contributed by atoms with van der Waals surface area (Å²) in [5.41, 5.74) is 0.0721. The minimum Gasteiger partial charge on any atom is -0.460 e. The van der Waals surface area contributed by atoms with Crippen LogP contribution >= 0.6 is 0 Å². The zero-order chi connectivity index (χ0) is 15.3. The van der Waals surface area contributed by atoms with E-state index >= 15 is 0 Å². The number of ketones is 1. The van der Waals surface area contributed by atoms with Gasteiger partial charge in [0.2, 0.25) is 0 Å². The van der Waals surface area contributed by atoms with E-state index in [-0.39, 0.29) is 18.8 Å². The minimum absolute atomic E-state index is 0.0158. The predicted molar refractivity (Wildman–Crippen MR) is 71.2 cm³/mol.